The number of carbonyl (C=O) groups is 2. The Morgan fingerprint density at radius 2 is 1.59 bits per heavy atom. The van der Waals surface area contributed by atoms with E-state index in [-0.39, 0.29) is 0 Å². The number of aliphatic carboxylic acids is 2. The normalized spacial score (nSPS) is 20.4. The molecule has 6 nitrogen and oxygen atoms in total. The molecule has 1 atom stereocenters. The van der Waals surface area contributed by atoms with Crippen molar-refractivity contribution in [2.24, 2.45) is 4.99 Å². The topological polar surface area (TPSA) is 90.2 Å². The Morgan fingerprint density at radius 1 is 0.941 bits per heavy atom. The van der Waals surface area contributed by atoms with Crippen LogP contribution in [0.1, 0.15) is 17.2 Å². The van der Waals surface area contributed by atoms with Gasteiger partial charge in [-0.15, -0.1) is 0 Å². The molecule has 0 aromatic heterocycles. The van der Waals surface area contributed by atoms with Crippen molar-refractivity contribution in [1.82, 2.24) is 4.90 Å². The molecule has 34 heavy (non-hydrogen) atoms. The third-order valence-electron chi connectivity index (χ3n) is 5.41. The smallest absolute Gasteiger partial charge is 0.328 e. The Labute approximate surface area is 206 Å². The number of hydrogen-bond acceptors (Lipinski definition) is 6. The van der Waals surface area contributed by atoms with Gasteiger partial charge in [-0.25, -0.2) is 14.6 Å². The molecular weight excluding hydrogens is 468 g/mol. The lowest BCUT2D eigenvalue weighted by Crippen LogP contribution is -2.36. The Hall–Kier alpha value is -3.23. The van der Waals surface area contributed by atoms with Gasteiger partial charge in [0, 0.05) is 36.0 Å². The van der Waals surface area contributed by atoms with Crippen LogP contribution in [0.25, 0.3) is 6.08 Å². The Balaban J connectivity index is 0.000000297. The van der Waals surface area contributed by atoms with Gasteiger partial charge in [-0.3, -0.25) is 0 Å². The lowest BCUT2D eigenvalue weighted by Gasteiger charge is -2.38. The number of aliphatic imine (C=N–C) groups is 1. The Morgan fingerprint density at radius 3 is 2.24 bits per heavy atom. The number of hydrogen-bond donors (Lipinski definition) is 2. The van der Waals surface area contributed by atoms with Gasteiger partial charge in [0.2, 0.25) is 0 Å². The summed E-state index contributed by atoms with van der Waals surface area (Å²) in [4.78, 5) is 26.7. The lowest BCUT2D eigenvalue weighted by molar-refractivity contribution is -0.134. The molecule has 5 rings (SSSR count). The summed E-state index contributed by atoms with van der Waals surface area (Å²) in [6.45, 7) is 1.09. The molecule has 0 amide bonds. The summed E-state index contributed by atoms with van der Waals surface area (Å²) in [5.74, 6) is 0.725. The number of benzene rings is 2. The van der Waals surface area contributed by atoms with E-state index >= 15 is 0 Å². The van der Waals surface area contributed by atoms with Crippen molar-refractivity contribution >= 4 is 46.7 Å². The maximum Gasteiger partial charge on any atom is 0.328 e. The average molecular weight is 493 g/mol. The highest BCUT2D eigenvalue weighted by Gasteiger charge is 2.38. The molecule has 8 heteroatoms. The molecule has 3 heterocycles. The van der Waals surface area contributed by atoms with Gasteiger partial charge in [0.15, 0.2) is 5.17 Å². The van der Waals surface area contributed by atoms with E-state index in [1.807, 2.05) is 23.5 Å². The zero-order chi connectivity index (χ0) is 23.9. The Bertz CT molecular complexity index is 1160. The third-order valence-corrected chi connectivity index (χ3v) is 7.41. The highest BCUT2D eigenvalue weighted by Crippen LogP contribution is 2.45. The number of fused-ring (bicyclic) bond motifs is 1. The fourth-order valence-corrected chi connectivity index (χ4v) is 6.06. The minimum absolute atomic E-state index is 0.334. The van der Waals surface area contributed by atoms with E-state index in [4.69, 9.17) is 15.2 Å². The molecule has 0 aliphatic carbocycles. The van der Waals surface area contributed by atoms with Gasteiger partial charge in [-0.2, -0.15) is 11.8 Å². The maximum absolute atomic E-state index is 9.55. The summed E-state index contributed by atoms with van der Waals surface area (Å²) in [7, 11) is 0. The van der Waals surface area contributed by atoms with E-state index in [2.05, 4.69) is 71.6 Å². The molecule has 2 N–H and O–H groups in total. The first-order valence-electron chi connectivity index (χ1n) is 10.8. The van der Waals surface area contributed by atoms with E-state index in [1.54, 1.807) is 0 Å². The summed E-state index contributed by atoms with van der Waals surface area (Å²) in [6.07, 6.45) is 3.44. The van der Waals surface area contributed by atoms with Gasteiger partial charge in [-0.1, -0.05) is 72.4 Å². The first kappa shape index (κ1) is 23.9. The number of rotatable bonds is 4. The zero-order valence-electron chi connectivity index (χ0n) is 18.3. The van der Waals surface area contributed by atoms with Crippen molar-refractivity contribution in [3.05, 3.63) is 101 Å². The van der Waals surface area contributed by atoms with Gasteiger partial charge in [0.1, 0.15) is 0 Å². The molecule has 3 aliphatic heterocycles. The molecule has 0 spiro atoms. The monoisotopic (exact) mass is 492 g/mol. The van der Waals surface area contributed by atoms with Crippen molar-refractivity contribution in [1.29, 1.82) is 0 Å². The number of amidine groups is 1. The molecule has 2 aromatic rings. The second kappa shape index (κ2) is 11.3. The van der Waals surface area contributed by atoms with Gasteiger partial charge >= 0.3 is 11.9 Å². The van der Waals surface area contributed by atoms with Crippen LogP contribution in [0, 0.1) is 0 Å². The summed E-state index contributed by atoms with van der Waals surface area (Å²) in [5, 5.41) is 16.8. The van der Waals surface area contributed by atoms with Crippen molar-refractivity contribution in [3.63, 3.8) is 0 Å². The average Bonchev–Trinajstić information content (AvgIpc) is 3.31. The van der Waals surface area contributed by atoms with Crippen LogP contribution in [0.2, 0.25) is 0 Å². The van der Waals surface area contributed by atoms with E-state index in [9.17, 15) is 9.59 Å². The summed E-state index contributed by atoms with van der Waals surface area (Å²) in [6, 6.07) is 21.9. The number of thioether (sulfide) groups is 2. The largest absolute Gasteiger partial charge is 0.478 e. The van der Waals surface area contributed by atoms with Crippen LogP contribution in [0.3, 0.4) is 0 Å². The van der Waals surface area contributed by atoms with Crippen molar-refractivity contribution in [2.75, 3.05) is 23.8 Å². The molecule has 1 unspecified atom stereocenters. The van der Waals surface area contributed by atoms with Gasteiger partial charge in [-0.05, 0) is 28.3 Å². The molecule has 0 bridgehead atoms. The molecule has 174 valence electrons. The minimum Gasteiger partial charge on any atom is -0.478 e. The fourth-order valence-electron chi connectivity index (χ4n) is 4.02. The third kappa shape index (κ3) is 5.81. The molecule has 1 fully saturated rings. The van der Waals surface area contributed by atoms with Crippen molar-refractivity contribution in [3.8, 4) is 0 Å². The van der Waals surface area contributed by atoms with Crippen molar-refractivity contribution < 1.29 is 19.8 Å². The maximum atomic E-state index is 9.55. The van der Waals surface area contributed by atoms with Crippen LogP contribution in [0.15, 0.2) is 94.7 Å². The van der Waals surface area contributed by atoms with Gasteiger partial charge in [0.25, 0.3) is 0 Å². The number of allylic oxidation sites excluding steroid dienone is 1. The van der Waals surface area contributed by atoms with Crippen LogP contribution < -0.4 is 0 Å². The van der Waals surface area contributed by atoms with Crippen LogP contribution in [-0.4, -0.2) is 56.0 Å². The predicted molar refractivity (Wildman–Crippen MR) is 139 cm³/mol. The van der Waals surface area contributed by atoms with Crippen LogP contribution in [0.5, 0.6) is 0 Å². The molecule has 0 saturated carbocycles. The second-order valence-corrected chi connectivity index (χ2v) is 9.75. The van der Waals surface area contributed by atoms with E-state index in [1.165, 1.54) is 33.1 Å². The molecular formula is C26H24N2O4S2. The number of carboxylic acid groups (broad SMARTS) is 2. The van der Waals surface area contributed by atoms with Crippen LogP contribution >= 0.6 is 23.5 Å². The van der Waals surface area contributed by atoms with E-state index in [0.29, 0.717) is 18.2 Å². The molecule has 2 aromatic carbocycles. The SMILES string of the molecule is C(=C1CSCC2=C1N=C1SCCN1C2c1ccccc1)c1ccccc1.O=C(O)/C=C\C(=O)O. The van der Waals surface area contributed by atoms with Crippen LogP contribution in [0.4, 0.5) is 0 Å². The summed E-state index contributed by atoms with van der Waals surface area (Å²) >= 11 is 3.91. The molecule has 0 radical (unpaired) electrons. The quantitative estimate of drug-likeness (QED) is 0.584. The molecule has 3 aliphatic rings. The highest BCUT2D eigenvalue weighted by molar-refractivity contribution is 8.14. The van der Waals surface area contributed by atoms with E-state index in [0.717, 1.165) is 23.8 Å². The standard InChI is InChI=1S/C22H20N2S2.C4H4O4/c1-3-7-16(8-4-1)13-18-14-25-15-19-20(18)23-22-24(11-12-26-22)21(19)17-9-5-2-6-10-17;5-3(6)1-2-4(7)8/h1-10,13,21H,11-12,14-15H2;1-2H,(H,5,6)(H,7,8)/b;2-1-. The minimum atomic E-state index is -1.26. The van der Waals surface area contributed by atoms with E-state index < -0.39 is 11.9 Å². The molecule has 1 saturated heterocycles. The highest BCUT2D eigenvalue weighted by atomic mass is 32.2. The fraction of sp³-hybridized carbons (Fsp3) is 0.192. The van der Waals surface area contributed by atoms with Gasteiger partial charge in [0.05, 0.1) is 11.7 Å². The van der Waals surface area contributed by atoms with Crippen molar-refractivity contribution in [2.45, 2.75) is 6.04 Å². The van der Waals surface area contributed by atoms with Gasteiger partial charge < -0.3 is 15.1 Å². The Kier molecular flexibility index (Phi) is 7.92. The number of carboxylic acids is 2. The summed E-state index contributed by atoms with van der Waals surface area (Å²) < 4.78 is 0. The predicted octanol–water partition coefficient (Wildman–Crippen LogP) is 4.94. The summed E-state index contributed by atoms with van der Waals surface area (Å²) in [5.41, 5.74) is 6.72. The van der Waals surface area contributed by atoms with Crippen LogP contribution in [-0.2, 0) is 9.59 Å². The first-order valence-corrected chi connectivity index (χ1v) is 12.9. The zero-order valence-corrected chi connectivity index (χ0v) is 20.0. The first-order chi connectivity index (χ1) is 16.5. The second-order valence-electron chi connectivity index (χ2n) is 7.71. The number of nitrogens with zero attached hydrogens (tertiary/aromatic N) is 2. The lowest BCUT2D eigenvalue weighted by atomic mass is 9.92.